The summed E-state index contributed by atoms with van der Waals surface area (Å²) in [7, 11) is 0. The average molecular weight is 180 g/mol. The van der Waals surface area contributed by atoms with Crippen molar-refractivity contribution in [3.05, 3.63) is 18.0 Å². The molecule has 0 atom stereocenters. The van der Waals surface area contributed by atoms with Crippen molar-refractivity contribution in [2.75, 3.05) is 0 Å². The summed E-state index contributed by atoms with van der Waals surface area (Å²) in [4.78, 5) is 7.31. The van der Waals surface area contributed by atoms with Gasteiger partial charge in [-0.05, 0) is 6.42 Å². The highest BCUT2D eigenvalue weighted by molar-refractivity contribution is 5.76. The summed E-state index contributed by atoms with van der Waals surface area (Å²) in [6.45, 7) is 2.02. The second kappa shape index (κ2) is 3.08. The van der Waals surface area contributed by atoms with Crippen LogP contribution in [0.3, 0.4) is 0 Å². The van der Waals surface area contributed by atoms with Crippen molar-refractivity contribution in [3.63, 3.8) is 0 Å². The van der Waals surface area contributed by atoms with Gasteiger partial charge in [-0.15, -0.1) is 0 Å². The van der Waals surface area contributed by atoms with Gasteiger partial charge < -0.3 is 0 Å². The van der Waals surface area contributed by atoms with E-state index >= 15 is 0 Å². The predicted octanol–water partition coefficient (Wildman–Crippen LogP) is 1.44. The van der Waals surface area contributed by atoms with Gasteiger partial charge in [-0.3, -0.25) is 5.10 Å². The van der Waals surface area contributed by atoms with Crippen LogP contribution in [0.25, 0.3) is 11.0 Å². The molecule has 0 bridgehead atoms. The predicted molar refractivity (Wildman–Crippen MR) is 45.6 cm³/mol. The topological polar surface area (TPSA) is 54.5 Å². The van der Waals surface area contributed by atoms with E-state index in [4.69, 9.17) is 0 Å². The summed E-state index contributed by atoms with van der Waals surface area (Å²) in [6.07, 6.45) is 2.60. The van der Waals surface area contributed by atoms with Crippen molar-refractivity contribution in [2.24, 2.45) is 0 Å². The fraction of sp³-hybridized carbons (Fsp3) is 0.375. The lowest BCUT2D eigenvalue weighted by molar-refractivity contribution is 0.537. The first-order valence-corrected chi connectivity index (χ1v) is 4.16. The summed E-state index contributed by atoms with van der Waals surface area (Å²) in [5.74, 6) is 0. The van der Waals surface area contributed by atoms with E-state index in [2.05, 4.69) is 20.2 Å². The zero-order valence-electron chi connectivity index (χ0n) is 7.21. The number of hydrogen-bond donors (Lipinski definition) is 1. The molecule has 0 aliphatic rings. The first kappa shape index (κ1) is 8.10. The lowest BCUT2D eigenvalue weighted by Gasteiger charge is -1.98. The Hall–Kier alpha value is -1.52. The molecule has 2 heterocycles. The highest BCUT2D eigenvalue weighted by atomic mass is 19.1. The van der Waals surface area contributed by atoms with E-state index in [9.17, 15) is 4.39 Å². The van der Waals surface area contributed by atoms with E-state index in [1.165, 1.54) is 0 Å². The number of aromatic amines is 1. The zero-order valence-corrected chi connectivity index (χ0v) is 7.21. The maximum Gasteiger partial charge on any atom is 0.310 e. The maximum absolute atomic E-state index is 12.8. The summed E-state index contributed by atoms with van der Waals surface area (Å²) in [6, 6.07) is 0. The van der Waals surface area contributed by atoms with Gasteiger partial charge in [-0.2, -0.15) is 14.5 Å². The Morgan fingerprint density at radius 2 is 2.31 bits per heavy atom. The number of H-pyrrole nitrogens is 1. The standard InChI is InChI=1S/C8H9FN4/c1-2-3-6-5-4-10-13-7(5)12-8(9)11-6/h4H,2-3H2,1H3,(H,10,11,12,13). The van der Waals surface area contributed by atoms with Gasteiger partial charge in [0.1, 0.15) is 0 Å². The lowest BCUT2D eigenvalue weighted by atomic mass is 10.2. The van der Waals surface area contributed by atoms with Gasteiger partial charge in [0.15, 0.2) is 5.65 Å². The van der Waals surface area contributed by atoms with Crippen LogP contribution in [0.4, 0.5) is 4.39 Å². The fourth-order valence-corrected chi connectivity index (χ4v) is 1.29. The van der Waals surface area contributed by atoms with Crippen molar-refractivity contribution >= 4 is 11.0 Å². The van der Waals surface area contributed by atoms with Crippen LogP contribution in [0.2, 0.25) is 0 Å². The number of hydrogen-bond acceptors (Lipinski definition) is 3. The number of rotatable bonds is 2. The third-order valence-electron chi connectivity index (χ3n) is 1.85. The molecule has 5 heteroatoms. The molecule has 0 fully saturated rings. The number of aromatic nitrogens is 4. The minimum atomic E-state index is -0.694. The average Bonchev–Trinajstić information content (AvgIpc) is 2.52. The Balaban J connectivity index is 2.63. The lowest BCUT2D eigenvalue weighted by Crippen LogP contribution is -1.97. The minimum Gasteiger partial charge on any atom is -0.261 e. The molecule has 0 aliphatic heterocycles. The smallest absolute Gasteiger partial charge is 0.261 e. The van der Waals surface area contributed by atoms with E-state index in [1.807, 2.05) is 6.92 Å². The summed E-state index contributed by atoms with van der Waals surface area (Å²) < 4.78 is 12.8. The molecule has 0 amide bonds. The Bertz CT molecular complexity index is 423. The molecule has 0 aromatic carbocycles. The van der Waals surface area contributed by atoms with E-state index in [1.54, 1.807) is 6.20 Å². The molecular weight excluding hydrogens is 171 g/mol. The molecule has 13 heavy (non-hydrogen) atoms. The van der Waals surface area contributed by atoms with E-state index in [0.717, 1.165) is 23.9 Å². The van der Waals surface area contributed by atoms with Crippen LogP contribution >= 0.6 is 0 Å². The largest absolute Gasteiger partial charge is 0.310 e. The van der Waals surface area contributed by atoms with E-state index < -0.39 is 6.08 Å². The number of halogens is 1. The van der Waals surface area contributed by atoms with Crippen LogP contribution in [0.5, 0.6) is 0 Å². The van der Waals surface area contributed by atoms with Crippen molar-refractivity contribution < 1.29 is 4.39 Å². The molecule has 2 rings (SSSR count). The monoisotopic (exact) mass is 180 g/mol. The van der Waals surface area contributed by atoms with Crippen LogP contribution < -0.4 is 0 Å². The van der Waals surface area contributed by atoms with Crippen LogP contribution in [0.1, 0.15) is 19.0 Å². The molecule has 1 N–H and O–H groups in total. The first-order chi connectivity index (χ1) is 6.31. The Morgan fingerprint density at radius 1 is 1.46 bits per heavy atom. The normalized spacial score (nSPS) is 10.9. The minimum absolute atomic E-state index is 0.468. The third-order valence-corrected chi connectivity index (χ3v) is 1.85. The molecule has 2 aromatic rings. The van der Waals surface area contributed by atoms with Gasteiger partial charge in [-0.25, -0.2) is 4.98 Å². The number of nitrogens with one attached hydrogen (secondary N) is 1. The van der Waals surface area contributed by atoms with Crippen LogP contribution in [0.15, 0.2) is 6.20 Å². The molecular formula is C8H9FN4. The Morgan fingerprint density at radius 3 is 3.08 bits per heavy atom. The molecule has 0 saturated heterocycles. The van der Waals surface area contributed by atoms with Crippen LogP contribution in [-0.2, 0) is 6.42 Å². The number of nitrogens with zero attached hydrogens (tertiary/aromatic N) is 3. The van der Waals surface area contributed by atoms with Crippen molar-refractivity contribution in [1.29, 1.82) is 0 Å². The van der Waals surface area contributed by atoms with Crippen molar-refractivity contribution in [3.8, 4) is 0 Å². The summed E-state index contributed by atoms with van der Waals surface area (Å²) in [5, 5.41) is 7.22. The highest BCUT2D eigenvalue weighted by Crippen LogP contribution is 2.13. The molecule has 0 aliphatic carbocycles. The molecule has 0 saturated carbocycles. The summed E-state index contributed by atoms with van der Waals surface area (Å²) >= 11 is 0. The Kier molecular flexibility index (Phi) is 1.92. The second-order valence-corrected chi connectivity index (χ2v) is 2.82. The van der Waals surface area contributed by atoms with Gasteiger partial charge >= 0.3 is 6.08 Å². The second-order valence-electron chi connectivity index (χ2n) is 2.82. The van der Waals surface area contributed by atoms with E-state index in [0.29, 0.717) is 5.65 Å². The molecule has 0 radical (unpaired) electrons. The van der Waals surface area contributed by atoms with Gasteiger partial charge in [0.05, 0.1) is 17.3 Å². The molecule has 0 unspecified atom stereocenters. The quantitative estimate of drug-likeness (QED) is 0.711. The third kappa shape index (κ3) is 1.37. The van der Waals surface area contributed by atoms with Crippen molar-refractivity contribution in [2.45, 2.75) is 19.8 Å². The number of fused-ring (bicyclic) bond motifs is 1. The highest BCUT2D eigenvalue weighted by Gasteiger charge is 2.07. The fourth-order valence-electron chi connectivity index (χ4n) is 1.29. The first-order valence-electron chi connectivity index (χ1n) is 4.16. The molecule has 0 spiro atoms. The van der Waals surface area contributed by atoms with Gasteiger partial charge in [0, 0.05) is 0 Å². The SMILES string of the molecule is CCCc1nc(F)nc2[nH]ncc12. The maximum atomic E-state index is 12.8. The zero-order chi connectivity index (χ0) is 9.26. The van der Waals surface area contributed by atoms with Crippen LogP contribution in [-0.4, -0.2) is 20.2 Å². The molecule has 2 aromatic heterocycles. The van der Waals surface area contributed by atoms with Crippen molar-refractivity contribution in [1.82, 2.24) is 20.2 Å². The Labute approximate surface area is 74.2 Å². The van der Waals surface area contributed by atoms with Crippen LogP contribution in [0, 0.1) is 6.08 Å². The van der Waals surface area contributed by atoms with Gasteiger partial charge in [0.25, 0.3) is 0 Å². The van der Waals surface area contributed by atoms with Gasteiger partial charge in [-0.1, -0.05) is 13.3 Å². The van der Waals surface area contributed by atoms with E-state index in [-0.39, 0.29) is 0 Å². The molecule has 4 nitrogen and oxygen atoms in total. The van der Waals surface area contributed by atoms with Gasteiger partial charge in [0.2, 0.25) is 0 Å². The molecule has 68 valence electrons. The number of aryl methyl sites for hydroxylation is 1. The summed E-state index contributed by atoms with van der Waals surface area (Å²) in [5.41, 5.74) is 1.19.